The van der Waals surface area contributed by atoms with Gasteiger partial charge in [-0.1, -0.05) is 26.0 Å². The summed E-state index contributed by atoms with van der Waals surface area (Å²) < 4.78 is 9.65. The molecule has 0 amide bonds. The minimum absolute atomic E-state index is 0.0123. The Bertz CT molecular complexity index is 420. The Morgan fingerprint density at radius 2 is 2.00 bits per heavy atom. The number of allylic oxidation sites excluding steroid dienone is 4. The fourth-order valence-corrected chi connectivity index (χ4v) is 2.58. The number of carbonyl (C=O) groups excluding carboxylic acids is 2. The summed E-state index contributed by atoms with van der Waals surface area (Å²) in [5.41, 5.74) is -0.591. The summed E-state index contributed by atoms with van der Waals surface area (Å²) in [5.74, 6) is -0.0276. The second-order valence-corrected chi connectivity index (χ2v) is 5.32. The Kier molecular flexibility index (Phi) is 6.14. The van der Waals surface area contributed by atoms with Gasteiger partial charge in [0.1, 0.15) is 0 Å². The van der Waals surface area contributed by atoms with Crippen LogP contribution in [-0.2, 0) is 19.1 Å². The van der Waals surface area contributed by atoms with Crippen molar-refractivity contribution in [3.05, 3.63) is 24.0 Å². The zero-order valence-corrected chi connectivity index (χ0v) is 12.8. The molecule has 2 unspecified atom stereocenters. The Balaban J connectivity index is 0.000000347. The number of ether oxygens (including phenoxy) is 2. The molecule has 0 aliphatic heterocycles. The standard InChI is InChI=1S/C12H14O3.C4H10O/c1-12-6-4-3-5-8(12)9(13)7-10(15-2)11(12)14;1-3-4-5-2/h3-4,7-8H,5-6H2,1-2H3;3-4H2,1-2H3. The number of rotatable bonds is 3. The van der Waals surface area contributed by atoms with Crippen LogP contribution in [0.1, 0.15) is 33.1 Å². The van der Waals surface area contributed by atoms with Crippen LogP contribution in [0.5, 0.6) is 0 Å². The predicted molar refractivity (Wildman–Crippen MR) is 77.2 cm³/mol. The van der Waals surface area contributed by atoms with E-state index in [-0.39, 0.29) is 23.2 Å². The fraction of sp³-hybridized carbons (Fsp3) is 0.625. The molecule has 2 rings (SSSR count). The molecular weight excluding hydrogens is 256 g/mol. The fourth-order valence-electron chi connectivity index (χ4n) is 2.58. The summed E-state index contributed by atoms with van der Waals surface area (Å²) in [4.78, 5) is 23.9. The average Bonchev–Trinajstić information content (AvgIpc) is 2.44. The van der Waals surface area contributed by atoms with Gasteiger partial charge in [0.15, 0.2) is 11.5 Å². The average molecular weight is 280 g/mol. The highest BCUT2D eigenvalue weighted by Gasteiger charge is 2.49. The molecule has 0 N–H and O–H groups in total. The highest BCUT2D eigenvalue weighted by molar-refractivity contribution is 6.11. The maximum Gasteiger partial charge on any atom is 0.204 e. The van der Waals surface area contributed by atoms with Crippen LogP contribution in [0.25, 0.3) is 0 Å². The molecule has 2 aliphatic carbocycles. The van der Waals surface area contributed by atoms with E-state index in [1.165, 1.54) is 13.2 Å². The van der Waals surface area contributed by atoms with Gasteiger partial charge in [0.2, 0.25) is 5.78 Å². The van der Waals surface area contributed by atoms with E-state index in [1.807, 2.05) is 19.1 Å². The molecule has 0 aromatic rings. The lowest BCUT2D eigenvalue weighted by atomic mass is 9.63. The van der Waals surface area contributed by atoms with Crippen molar-refractivity contribution in [2.75, 3.05) is 20.8 Å². The predicted octanol–water partition coefficient (Wildman–Crippen LogP) is 2.68. The van der Waals surface area contributed by atoms with E-state index in [2.05, 4.69) is 6.92 Å². The van der Waals surface area contributed by atoms with Crippen molar-refractivity contribution in [2.24, 2.45) is 11.3 Å². The van der Waals surface area contributed by atoms with E-state index in [9.17, 15) is 9.59 Å². The Labute approximate surface area is 120 Å². The first-order valence-electron chi connectivity index (χ1n) is 6.99. The van der Waals surface area contributed by atoms with Gasteiger partial charge in [0, 0.05) is 31.1 Å². The van der Waals surface area contributed by atoms with Crippen molar-refractivity contribution in [3.63, 3.8) is 0 Å². The summed E-state index contributed by atoms with van der Waals surface area (Å²) >= 11 is 0. The van der Waals surface area contributed by atoms with Crippen molar-refractivity contribution in [3.8, 4) is 0 Å². The highest BCUT2D eigenvalue weighted by Crippen LogP contribution is 2.43. The first-order chi connectivity index (χ1) is 9.51. The van der Waals surface area contributed by atoms with Crippen molar-refractivity contribution in [1.82, 2.24) is 0 Å². The summed E-state index contributed by atoms with van der Waals surface area (Å²) in [6.07, 6.45) is 7.70. The molecule has 0 heterocycles. The molecule has 112 valence electrons. The summed E-state index contributed by atoms with van der Waals surface area (Å²) in [7, 11) is 3.14. The summed E-state index contributed by atoms with van der Waals surface area (Å²) in [5, 5.41) is 0. The van der Waals surface area contributed by atoms with Crippen LogP contribution < -0.4 is 0 Å². The lowest BCUT2D eigenvalue weighted by molar-refractivity contribution is -0.139. The van der Waals surface area contributed by atoms with Crippen molar-refractivity contribution in [2.45, 2.75) is 33.1 Å². The van der Waals surface area contributed by atoms with Gasteiger partial charge < -0.3 is 9.47 Å². The van der Waals surface area contributed by atoms with Gasteiger partial charge in [-0.15, -0.1) is 0 Å². The van der Waals surface area contributed by atoms with Crippen LogP contribution >= 0.6 is 0 Å². The van der Waals surface area contributed by atoms with Gasteiger partial charge in [-0.25, -0.2) is 0 Å². The van der Waals surface area contributed by atoms with Crippen molar-refractivity contribution < 1.29 is 19.1 Å². The number of carbonyl (C=O) groups is 2. The number of Topliss-reactive ketones (excluding diaryl/α,β-unsaturated/α-hetero) is 1. The molecular formula is C16H24O4. The topological polar surface area (TPSA) is 52.6 Å². The smallest absolute Gasteiger partial charge is 0.204 e. The summed E-state index contributed by atoms with van der Waals surface area (Å²) in [6.45, 7) is 4.83. The normalized spacial score (nSPS) is 28.2. The van der Waals surface area contributed by atoms with Gasteiger partial charge in [-0.2, -0.15) is 0 Å². The zero-order chi connectivity index (χ0) is 15.2. The quantitative estimate of drug-likeness (QED) is 0.746. The minimum atomic E-state index is -0.591. The van der Waals surface area contributed by atoms with Crippen LogP contribution in [0, 0.1) is 11.3 Å². The maximum absolute atomic E-state index is 12.1. The molecule has 0 saturated carbocycles. The molecule has 0 aromatic heterocycles. The molecule has 20 heavy (non-hydrogen) atoms. The van der Waals surface area contributed by atoms with Gasteiger partial charge in [-0.3, -0.25) is 9.59 Å². The number of ketones is 2. The molecule has 0 spiro atoms. The molecule has 2 atom stereocenters. The Morgan fingerprint density at radius 3 is 2.50 bits per heavy atom. The largest absolute Gasteiger partial charge is 0.493 e. The van der Waals surface area contributed by atoms with Crippen LogP contribution in [0.2, 0.25) is 0 Å². The molecule has 0 fully saturated rings. The molecule has 2 aliphatic rings. The zero-order valence-electron chi connectivity index (χ0n) is 12.8. The highest BCUT2D eigenvalue weighted by atomic mass is 16.5. The van der Waals surface area contributed by atoms with Crippen molar-refractivity contribution >= 4 is 11.6 Å². The SMILES string of the molecule is CCCOC.COC1=CC(=O)C2CC=CCC2(C)C1=O. The first kappa shape index (κ1) is 16.6. The van der Waals surface area contributed by atoms with E-state index in [4.69, 9.17) is 9.47 Å². The third-order valence-electron chi connectivity index (χ3n) is 3.84. The number of methoxy groups -OCH3 is 2. The molecule has 0 aromatic carbocycles. The second kappa shape index (κ2) is 7.39. The maximum atomic E-state index is 12.1. The van der Waals surface area contributed by atoms with Gasteiger partial charge in [-0.05, 0) is 19.3 Å². The number of hydrogen-bond donors (Lipinski definition) is 0. The Hall–Kier alpha value is -1.42. The molecule has 0 radical (unpaired) electrons. The monoisotopic (exact) mass is 280 g/mol. The van der Waals surface area contributed by atoms with E-state index >= 15 is 0 Å². The molecule has 4 nitrogen and oxygen atoms in total. The van der Waals surface area contributed by atoms with Crippen LogP contribution in [-0.4, -0.2) is 32.4 Å². The van der Waals surface area contributed by atoms with E-state index in [1.54, 1.807) is 7.11 Å². The van der Waals surface area contributed by atoms with Crippen LogP contribution in [0.15, 0.2) is 24.0 Å². The lowest BCUT2D eigenvalue weighted by Crippen LogP contribution is -2.45. The van der Waals surface area contributed by atoms with Gasteiger partial charge in [0.25, 0.3) is 0 Å². The van der Waals surface area contributed by atoms with E-state index < -0.39 is 5.41 Å². The Morgan fingerprint density at radius 1 is 1.30 bits per heavy atom. The van der Waals surface area contributed by atoms with Crippen LogP contribution in [0.4, 0.5) is 0 Å². The third-order valence-corrected chi connectivity index (χ3v) is 3.84. The van der Waals surface area contributed by atoms with E-state index in [0.29, 0.717) is 12.8 Å². The van der Waals surface area contributed by atoms with Crippen molar-refractivity contribution in [1.29, 1.82) is 0 Å². The number of fused-ring (bicyclic) bond motifs is 1. The number of hydrogen-bond acceptors (Lipinski definition) is 4. The third kappa shape index (κ3) is 3.37. The minimum Gasteiger partial charge on any atom is -0.493 e. The van der Waals surface area contributed by atoms with Gasteiger partial charge in [0.05, 0.1) is 7.11 Å². The first-order valence-corrected chi connectivity index (χ1v) is 6.99. The van der Waals surface area contributed by atoms with Crippen LogP contribution in [0.3, 0.4) is 0 Å². The second-order valence-electron chi connectivity index (χ2n) is 5.32. The lowest BCUT2D eigenvalue weighted by Gasteiger charge is -2.38. The molecule has 0 bridgehead atoms. The molecule has 0 saturated heterocycles. The molecule has 4 heteroatoms. The van der Waals surface area contributed by atoms with Gasteiger partial charge >= 0.3 is 0 Å². The summed E-state index contributed by atoms with van der Waals surface area (Å²) in [6, 6.07) is 0. The van der Waals surface area contributed by atoms with E-state index in [0.717, 1.165) is 13.0 Å².